The number of hydrogen-bond donors (Lipinski definition) is 1. The Bertz CT molecular complexity index is 772. The number of nitrogens with one attached hydrogen (secondary N) is 1. The van der Waals surface area contributed by atoms with Gasteiger partial charge in [0, 0.05) is 16.9 Å². The van der Waals surface area contributed by atoms with Crippen molar-refractivity contribution in [2.75, 3.05) is 0 Å². The maximum absolute atomic E-state index is 12.0. The zero-order valence-corrected chi connectivity index (χ0v) is 12.9. The molecule has 22 heavy (non-hydrogen) atoms. The predicted octanol–water partition coefficient (Wildman–Crippen LogP) is 1.75. The fourth-order valence-electron chi connectivity index (χ4n) is 1.86. The first-order chi connectivity index (χ1) is 10.7. The molecule has 0 saturated carbocycles. The second-order valence-corrected chi connectivity index (χ2v) is 5.32. The van der Waals surface area contributed by atoms with Crippen molar-refractivity contribution >= 4 is 21.8 Å². The van der Waals surface area contributed by atoms with E-state index in [1.54, 1.807) is 23.0 Å². The number of pyridine rings is 1. The van der Waals surface area contributed by atoms with Gasteiger partial charge in [-0.15, -0.1) is 5.10 Å². The van der Waals surface area contributed by atoms with Crippen molar-refractivity contribution in [3.05, 3.63) is 64.7 Å². The summed E-state index contributed by atoms with van der Waals surface area (Å²) in [6, 6.07) is 11.0. The first-order valence-corrected chi connectivity index (χ1v) is 7.25. The highest BCUT2D eigenvalue weighted by Gasteiger charge is 2.11. The van der Waals surface area contributed by atoms with Crippen molar-refractivity contribution < 1.29 is 4.79 Å². The van der Waals surface area contributed by atoms with E-state index < -0.39 is 0 Å². The fourth-order valence-corrected chi connectivity index (χ4v) is 2.12. The molecule has 1 N–H and O–H groups in total. The van der Waals surface area contributed by atoms with E-state index in [0.717, 1.165) is 10.2 Å². The van der Waals surface area contributed by atoms with E-state index >= 15 is 0 Å². The molecule has 3 rings (SSSR count). The third-order valence-corrected chi connectivity index (χ3v) is 3.46. The van der Waals surface area contributed by atoms with Gasteiger partial charge >= 0.3 is 0 Å². The van der Waals surface area contributed by atoms with E-state index in [1.165, 1.54) is 6.20 Å². The molecule has 0 fully saturated rings. The number of aromatic nitrogens is 5. The molecule has 110 valence electrons. The highest BCUT2D eigenvalue weighted by Crippen LogP contribution is 2.14. The summed E-state index contributed by atoms with van der Waals surface area (Å²) in [6.45, 7) is 0.219. The molecule has 0 saturated heterocycles. The molecule has 8 heteroatoms. The number of amides is 1. The van der Waals surface area contributed by atoms with Crippen molar-refractivity contribution in [1.82, 2.24) is 30.5 Å². The van der Waals surface area contributed by atoms with Crippen LogP contribution in [-0.2, 0) is 6.54 Å². The number of hydrogen-bond acceptors (Lipinski definition) is 5. The Kier molecular flexibility index (Phi) is 4.19. The number of carbonyl (C=O) groups is 1. The molecule has 7 nitrogen and oxygen atoms in total. The lowest BCUT2D eigenvalue weighted by Crippen LogP contribution is -2.24. The van der Waals surface area contributed by atoms with E-state index in [0.29, 0.717) is 11.4 Å². The van der Waals surface area contributed by atoms with Gasteiger partial charge in [-0.3, -0.25) is 9.78 Å². The Morgan fingerprint density at radius 1 is 1.23 bits per heavy atom. The minimum absolute atomic E-state index is 0.219. The van der Waals surface area contributed by atoms with Gasteiger partial charge in [0.05, 0.1) is 17.8 Å². The molecule has 0 unspecified atom stereocenters. The number of nitrogens with zero attached hydrogens (tertiary/aromatic N) is 5. The summed E-state index contributed by atoms with van der Waals surface area (Å²) < 4.78 is 2.55. The zero-order chi connectivity index (χ0) is 15.4. The maximum Gasteiger partial charge on any atom is 0.253 e. The summed E-state index contributed by atoms with van der Waals surface area (Å²) in [6.07, 6.45) is 3.12. The minimum Gasteiger partial charge on any atom is -0.345 e. The molecular formula is C14H11BrN6O. The van der Waals surface area contributed by atoms with Crippen molar-refractivity contribution in [2.24, 2.45) is 0 Å². The molecule has 3 aromatic rings. The van der Waals surface area contributed by atoms with Crippen LogP contribution in [0.25, 0.3) is 5.69 Å². The molecule has 0 radical (unpaired) electrons. The lowest BCUT2D eigenvalue weighted by atomic mass is 10.3. The minimum atomic E-state index is -0.224. The molecule has 0 aliphatic carbocycles. The Hall–Kier alpha value is -2.61. The average molecular weight is 359 g/mol. The second kappa shape index (κ2) is 6.44. The standard InChI is InChI=1S/C14H11BrN6O/c15-11-3-5-12(6-4-11)21-13(18-19-20-21)9-17-14(22)10-2-1-7-16-8-10/h1-8H,9H2,(H,17,22). The summed E-state index contributed by atoms with van der Waals surface area (Å²) in [7, 11) is 0. The van der Waals surface area contributed by atoms with E-state index in [4.69, 9.17) is 0 Å². The van der Waals surface area contributed by atoms with Crippen LogP contribution in [0.4, 0.5) is 0 Å². The maximum atomic E-state index is 12.0. The summed E-state index contributed by atoms with van der Waals surface area (Å²) in [5, 5.41) is 14.3. The van der Waals surface area contributed by atoms with Crippen LogP contribution in [0.15, 0.2) is 53.3 Å². The van der Waals surface area contributed by atoms with E-state index in [9.17, 15) is 4.79 Å². The van der Waals surface area contributed by atoms with Gasteiger partial charge in [-0.05, 0) is 46.8 Å². The SMILES string of the molecule is O=C(NCc1nnnn1-c1ccc(Br)cc1)c1cccnc1. The molecule has 2 heterocycles. The molecule has 0 spiro atoms. The number of halogens is 1. The van der Waals surface area contributed by atoms with E-state index in [1.807, 2.05) is 24.3 Å². The van der Waals surface area contributed by atoms with Crippen LogP contribution in [0.3, 0.4) is 0 Å². The number of carbonyl (C=O) groups excluding carboxylic acids is 1. The predicted molar refractivity (Wildman–Crippen MR) is 82.3 cm³/mol. The van der Waals surface area contributed by atoms with Gasteiger partial charge in [-0.25, -0.2) is 0 Å². The van der Waals surface area contributed by atoms with E-state index in [2.05, 4.69) is 41.8 Å². The monoisotopic (exact) mass is 358 g/mol. The van der Waals surface area contributed by atoms with E-state index in [-0.39, 0.29) is 12.5 Å². The molecule has 0 bridgehead atoms. The Morgan fingerprint density at radius 2 is 2.05 bits per heavy atom. The quantitative estimate of drug-likeness (QED) is 0.767. The van der Waals surface area contributed by atoms with Gasteiger partial charge < -0.3 is 5.32 Å². The van der Waals surface area contributed by atoms with Crippen molar-refractivity contribution in [1.29, 1.82) is 0 Å². The molecule has 1 amide bonds. The van der Waals surface area contributed by atoms with Crippen LogP contribution < -0.4 is 5.32 Å². The molecular weight excluding hydrogens is 348 g/mol. The number of rotatable bonds is 4. The topological polar surface area (TPSA) is 85.6 Å². The third kappa shape index (κ3) is 3.17. The van der Waals surface area contributed by atoms with Crippen LogP contribution in [0, 0.1) is 0 Å². The van der Waals surface area contributed by atoms with Gasteiger partial charge in [-0.2, -0.15) is 4.68 Å². The Labute approximate surface area is 134 Å². The average Bonchev–Trinajstić information content (AvgIpc) is 3.02. The number of tetrazole rings is 1. The van der Waals surface area contributed by atoms with Crippen LogP contribution >= 0.6 is 15.9 Å². The first-order valence-electron chi connectivity index (χ1n) is 6.45. The fraction of sp³-hybridized carbons (Fsp3) is 0.0714. The Morgan fingerprint density at radius 3 is 2.77 bits per heavy atom. The summed E-state index contributed by atoms with van der Waals surface area (Å²) >= 11 is 3.38. The third-order valence-electron chi connectivity index (χ3n) is 2.94. The highest BCUT2D eigenvalue weighted by molar-refractivity contribution is 9.10. The molecule has 2 aromatic heterocycles. The highest BCUT2D eigenvalue weighted by atomic mass is 79.9. The summed E-state index contributed by atoms with van der Waals surface area (Å²) in [4.78, 5) is 15.9. The smallest absolute Gasteiger partial charge is 0.253 e. The summed E-state index contributed by atoms with van der Waals surface area (Å²) in [5.41, 5.74) is 1.31. The zero-order valence-electron chi connectivity index (χ0n) is 11.3. The molecule has 0 aliphatic rings. The van der Waals surface area contributed by atoms with Gasteiger partial charge in [0.2, 0.25) is 0 Å². The van der Waals surface area contributed by atoms with Crippen LogP contribution in [0.2, 0.25) is 0 Å². The van der Waals surface area contributed by atoms with Crippen molar-refractivity contribution in [3.8, 4) is 5.69 Å². The van der Waals surface area contributed by atoms with Crippen LogP contribution in [0.5, 0.6) is 0 Å². The Balaban J connectivity index is 1.73. The lowest BCUT2D eigenvalue weighted by Gasteiger charge is -2.06. The second-order valence-electron chi connectivity index (χ2n) is 4.41. The van der Waals surface area contributed by atoms with Gasteiger partial charge in [-0.1, -0.05) is 15.9 Å². The van der Waals surface area contributed by atoms with Crippen LogP contribution in [-0.4, -0.2) is 31.1 Å². The van der Waals surface area contributed by atoms with Gasteiger partial charge in [0.1, 0.15) is 0 Å². The lowest BCUT2D eigenvalue weighted by molar-refractivity contribution is 0.0949. The van der Waals surface area contributed by atoms with Crippen molar-refractivity contribution in [2.45, 2.75) is 6.54 Å². The van der Waals surface area contributed by atoms with Crippen LogP contribution in [0.1, 0.15) is 16.2 Å². The largest absolute Gasteiger partial charge is 0.345 e. The van der Waals surface area contributed by atoms with Crippen molar-refractivity contribution in [3.63, 3.8) is 0 Å². The summed E-state index contributed by atoms with van der Waals surface area (Å²) in [5.74, 6) is 0.318. The normalized spacial score (nSPS) is 10.4. The number of benzene rings is 1. The van der Waals surface area contributed by atoms with Gasteiger partial charge in [0.15, 0.2) is 5.82 Å². The molecule has 1 aromatic carbocycles. The first kappa shape index (κ1) is 14.3. The van der Waals surface area contributed by atoms with Gasteiger partial charge in [0.25, 0.3) is 5.91 Å². The molecule has 0 atom stereocenters. The molecule has 0 aliphatic heterocycles.